The molecule has 0 aliphatic carbocycles. The number of carbonyl (C=O) groups is 1. The zero-order valence-corrected chi connectivity index (χ0v) is 11.6. The third-order valence-electron chi connectivity index (χ3n) is 4.27. The summed E-state index contributed by atoms with van der Waals surface area (Å²) in [4.78, 5) is 13.7. The van der Waals surface area contributed by atoms with Crippen molar-refractivity contribution in [3.05, 3.63) is 17.7 Å². The molecule has 0 bridgehead atoms. The lowest BCUT2D eigenvalue weighted by Gasteiger charge is -2.32. The largest absolute Gasteiger partial charge is 0.397 e. The maximum Gasteiger partial charge on any atom is 0.228 e. The summed E-state index contributed by atoms with van der Waals surface area (Å²) in [6, 6.07) is 3.97. The highest BCUT2D eigenvalue weighted by Gasteiger charge is 2.25. The molecule has 2 heterocycles. The predicted molar refractivity (Wildman–Crippen MR) is 79.9 cm³/mol. The molecule has 1 fully saturated rings. The van der Waals surface area contributed by atoms with Gasteiger partial charge in [-0.15, -0.1) is 0 Å². The molecule has 0 saturated carbocycles. The highest BCUT2D eigenvalue weighted by atomic mass is 16.3. The SMILES string of the molecule is Nc1cc2c(cc1N1CCCCCC1CO)NC(=O)C2. The number of hydrogen-bond acceptors (Lipinski definition) is 4. The number of carbonyl (C=O) groups excluding carboxylic acids is 1. The molecular formula is C15H21N3O2. The molecule has 1 saturated heterocycles. The van der Waals surface area contributed by atoms with E-state index < -0.39 is 0 Å². The van der Waals surface area contributed by atoms with Crippen LogP contribution in [0.4, 0.5) is 17.1 Å². The van der Waals surface area contributed by atoms with Gasteiger partial charge in [0.25, 0.3) is 0 Å². The van der Waals surface area contributed by atoms with Gasteiger partial charge < -0.3 is 21.1 Å². The van der Waals surface area contributed by atoms with Crippen molar-refractivity contribution >= 4 is 23.0 Å². The van der Waals surface area contributed by atoms with Crippen molar-refractivity contribution in [1.82, 2.24) is 0 Å². The summed E-state index contributed by atoms with van der Waals surface area (Å²) in [6.07, 6.45) is 4.83. The first-order valence-electron chi connectivity index (χ1n) is 7.29. The van der Waals surface area contributed by atoms with Gasteiger partial charge in [0.05, 0.1) is 30.4 Å². The summed E-state index contributed by atoms with van der Waals surface area (Å²) in [5, 5.41) is 12.5. The zero-order valence-electron chi connectivity index (χ0n) is 11.6. The first kappa shape index (κ1) is 13.2. The van der Waals surface area contributed by atoms with Crippen LogP contribution < -0.4 is 16.0 Å². The first-order valence-corrected chi connectivity index (χ1v) is 7.29. The number of nitrogens with one attached hydrogen (secondary N) is 1. The van der Waals surface area contributed by atoms with Crippen molar-refractivity contribution < 1.29 is 9.90 Å². The minimum atomic E-state index is 0.0196. The maximum atomic E-state index is 11.5. The van der Waals surface area contributed by atoms with Crippen LogP contribution in [0.1, 0.15) is 31.2 Å². The number of aliphatic hydroxyl groups is 1. The fraction of sp³-hybridized carbons (Fsp3) is 0.533. The molecular weight excluding hydrogens is 254 g/mol. The molecule has 0 spiro atoms. The third kappa shape index (κ3) is 2.33. The summed E-state index contributed by atoms with van der Waals surface area (Å²) in [7, 11) is 0. The lowest BCUT2D eigenvalue weighted by molar-refractivity contribution is -0.115. The average molecular weight is 275 g/mol. The Bertz CT molecular complexity index is 530. The molecule has 0 radical (unpaired) electrons. The van der Waals surface area contributed by atoms with Gasteiger partial charge in [0.15, 0.2) is 0 Å². The fourth-order valence-corrected chi connectivity index (χ4v) is 3.22. The van der Waals surface area contributed by atoms with Crippen LogP contribution in [0.2, 0.25) is 0 Å². The molecule has 108 valence electrons. The Hall–Kier alpha value is -1.75. The van der Waals surface area contributed by atoms with E-state index in [-0.39, 0.29) is 18.6 Å². The molecule has 20 heavy (non-hydrogen) atoms. The Morgan fingerprint density at radius 3 is 3.00 bits per heavy atom. The number of rotatable bonds is 2. The van der Waals surface area contributed by atoms with E-state index >= 15 is 0 Å². The Labute approximate surface area is 118 Å². The number of benzene rings is 1. The van der Waals surface area contributed by atoms with Crippen LogP contribution in [0.5, 0.6) is 0 Å². The Kier molecular flexibility index (Phi) is 3.53. The lowest BCUT2D eigenvalue weighted by atomic mass is 10.1. The predicted octanol–water partition coefficient (Wildman–Crippen LogP) is 1.50. The molecule has 5 heteroatoms. The summed E-state index contributed by atoms with van der Waals surface area (Å²) in [5.74, 6) is 0.0196. The Balaban J connectivity index is 1.96. The molecule has 4 N–H and O–H groups in total. The monoisotopic (exact) mass is 275 g/mol. The minimum absolute atomic E-state index is 0.0196. The molecule has 1 aromatic rings. The molecule has 1 unspecified atom stereocenters. The number of anilines is 3. The molecule has 2 aliphatic rings. The lowest BCUT2D eigenvalue weighted by Crippen LogP contribution is -2.38. The normalized spacial score (nSPS) is 22.4. The van der Waals surface area contributed by atoms with E-state index in [4.69, 9.17) is 5.73 Å². The van der Waals surface area contributed by atoms with E-state index in [1.165, 1.54) is 6.42 Å². The summed E-state index contributed by atoms with van der Waals surface area (Å²) in [6.45, 7) is 1.05. The molecule has 1 aromatic carbocycles. The van der Waals surface area contributed by atoms with Gasteiger partial charge in [-0.05, 0) is 30.5 Å². The van der Waals surface area contributed by atoms with Gasteiger partial charge in [-0.3, -0.25) is 4.79 Å². The fourth-order valence-electron chi connectivity index (χ4n) is 3.22. The average Bonchev–Trinajstić information content (AvgIpc) is 2.64. The molecule has 2 aliphatic heterocycles. The van der Waals surface area contributed by atoms with E-state index in [0.29, 0.717) is 12.1 Å². The van der Waals surface area contributed by atoms with E-state index in [9.17, 15) is 9.90 Å². The molecule has 1 atom stereocenters. The second kappa shape index (κ2) is 5.32. The van der Waals surface area contributed by atoms with Crippen molar-refractivity contribution in [3.8, 4) is 0 Å². The van der Waals surface area contributed by atoms with Gasteiger partial charge >= 0.3 is 0 Å². The number of fused-ring (bicyclic) bond motifs is 1. The number of nitrogen functional groups attached to an aromatic ring is 1. The number of hydrogen-bond donors (Lipinski definition) is 3. The van der Waals surface area contributed by atoms with Crippen LogP contribution in [0.25, 0.3) is 0 Å². The Morgan fingerprint density at radius 2 is 2.20 bits per heavy atom. The number of amides is 1. The van der Waals surface area contributed by atoms with Gasteiger partial charge in [-0.25, -0.2) is 0 Å². The van der Waals surface area contributed by atoms with E-state index in [0.717, 1.165) is 42.7 Å². The van der Waals surface area contributed by atoms with Crippen molar-refractivity contribution in [3.63, 3.8) is 0 Å². The van der Waals surface area contributed by atoms with Crippen LogP contribution >= 0.6 is 0 Å². The van der Waals surface area contributed by atoms with Crippen molar-refractivity contribution in [2.24, 2.45) is 0 Å². The number of nitrogens with two attached hydrogens (primary N) is 1. The van der Waals surface area contributed by atoms with Gasteiger partial charge in [0.1, 0.15) is 0 Å². The van der Waals surface area contributed by atoms with Gasteiger partial charge in [0, 0.05) is 12.2 Å². The zero-order chi connectivity index (χ0) is 14.1. The second-order valence-electron chi connectivity index (χ2n) is 5.67. The van der Waals surface area contributed by atoms with Crippen LogP contribution in [-0.4, -0.2) is 30.2 Å². The smallest absolute Gasteiger partial charge is 0.228 e. The summed E-state index contributed by atoms with van der Waals surface area (Å²) < 4.78 is 0. The number of aliphatic hydroxyl groups excluding tert-OH is 1. The highest BCUT2D eigenvalue weighted by molar-refractivity contribution is 6.01. The van der Waals surface area contributed by atoms with Crippen molar-refractivity contribution in [2.75, 3.05) is 29.1 Å². The minimum Gasteiger partial charge on any atom is -0.397 e. The Morgan fingerprint density at radius 1 is 1.35 bits per heavy atom. The molecule has 1 amide bonds. The van der Waals surface area contributed by atoms with Crippen LogP contribution in [0.3, 0.4) is 0 Å². The van der Waals surface area contributed by atoms with Gasteiger partial charge in [-0.1, -0.05) is 12.8 Å². The van der Waals surface area contributed by atoms with Crippen LogP contribution in [0.15, 0.2) is 12.1 Å². The topological polar surface area (TPSA) is 78.6 Å². The molecule has 5 nitrogen and oxygen atoms in total. The number of nitrogens with zero attached hydrogens (tertiary/aromatic N) is 1. The van der Waals surface area contributed by atoms with E-state index in [1.54, 1.807) is 0 Å². The molecule has 3 rings (SSSR count). The maximum absolute atomic E-state index is 11.5. The van der Waals surface area contributed by atoms with Crippen molar-refractivity contribution in [1.29, 1.82) is 0 Å². The van der Waals surface area contributed by atoms with E-state index in [1.807, 2.05) is 12.1 Å². The second-order valence-corrected chi connectivity index (χ2v) is 5.67. The van der Waals surface area contributed by atoms with Gasteiger partial charge in [0.2, 0.25) is 5.91 Å². The summed E-state index contributed by atoms with van der Waals surface area (Å²) in [5.41, 5.74) is 9.63. The third-order valence-corrected chi connectivity index (χ3v) is 4.27. The van der Waals surface area contributed by atoms with Crippen molar-refractivity contribution in [2.45, 2.75) is 38.1 Å². The highest BCUT2D eigenvalue weighted by Crippen LogP contribution is 2.36. The standard InChI is InChI=1S/C15H21N3O2/c16-12-6-10-7-15(20)17-13(10)8-14(12)18-5-3-1-2-4-11(18)9-19/h6,8,11,19H,1-5,7,9,16H2,(H,17,20). The van der Waals surface area contributed by atoms with Crippen LogP contribution in [-0.2, 0) is 11.2 Å². The van der Waals surface area contributed by atoms with E-state index in [2.05, 4.69) is 10.2 Å². The molecule has 0 aromatic heterocycles. The van der Waals surface area contributed by atoms with Crippen LogP contribution in [0, 0.1) is 0 Å². The quantitative estimate of drug-likeness (QED) is 0.715. The summed E-state index contributed by atoms with van der Waals surface area (Å²) >= 11 is 0. The van der Waals surface area contributed by atoms with Gasteiger partial charge in [-0.2, -0.15) is 0 Å². The first-order chi connectivity index (χ1) is 9.69.